The molecule has 0 radical (unpaired) electrons. The molecule has 1 aromatic carbocycles. The fourth-order valence-corrected chi connectivity index (χ4v) is 2.09. The molecule has 0 spiro atoms. The third-order valence-electron chi connectivity index (χ3n) is 2.81. The summed E-state index contributed by atoms with van der Waals surface area (Å²) in [5.41, 5.74) is 1.23. The molecule has 76 valence electrons. The number of para-hydroxylation sites is 1. The Morgan fingerprint density at radius 1 is 1.33 bits per heavy atom. The van der Waals surface area contributed by atoms with E-state index in [-0.39, 0.29) is 0 Å². The van der Waals surface area contributed by atoms with Gasteiger partial charge in [-0.05, 0) is 12.5 Å². The molecule has 0 saturated heterocycles. The van der Waals surface area contributed by atoms with Crippen molar-refractivity contribution in [3.05, 3.63) is 48.0 Å². The zero-order chi connectivity index (χ0) is 10.1. The summed E-state index contributed by atoms with van der Waals surface area (Å²) >= 11 is 0. The number of H-pyrrole nitrogens is 1. The molecule has 15 heavy (non-hydrogen) atoms. The maximum absolute atomic E-state index is 5.61. The average molecular weight is 200 g/mol. The van der Waals surface area contributed by atoms with Crippen molar-refractivity contribution < 1.29 is 4.74 Å². The van der Waals surface area contributed by atoms with E-state index in [2.05, 4.69) is 16.0 Å². The highest BCUT2D eigenvalue weighted by Crippen LogP contribution is 2.36. The quantitative estimate of drug-likeness (QED) is 0.767. The maximum atomic E-state index is 5.61. The summed E-state index contributed by atoms with van der Waals surface area (Å²) in [4.78, 5) is 7.51. The number of benzene rings is 1. The third-order valence-corrected chi connectivity index (χ3v) is 2.81. The molecule has 1 aromatic heterocycles. The zero-order valence-electron chi connectivity index (χ0n) is 8.31. The van der Waals surface area contributed by atoms with E-state index in [4.69, 9.17) is 4.74 Å². The molecule has 0 aliphatic carbocycles. The SMILES string of the molecule is c1ccc2c(c1)OCC[C@H]2c1ncc[nH]1. The molecule has 0 fully saturated rings. The van der Waals surface area contributed by atoms with E-state index in [1.165, 1.54) is 5.56 Å². The number of rotatable bonds is 1. The van der Waals surface area contributed by atoms with E-state index in [0.29, 0.717) is 5.92 Å². The van der Waals surface area contributed by atoms with Crippen LogP contribution in [0.3, 0.4) is 0 Å². The van der Waals surface area contributed by atoms with Crippen molar-refractivity contribution >= 4 is 0 Å². The van der Waals surface area contributed by atoms with Gasteiger partial charge in [-0.1, -0.05) is 18.2 Å². The fraction of sp³-hybridized carbons (Fsp3) is 0.250. The summed E-state index contributed by atoms with van der Waals surface area (Å²) in [5, 5.41) is 0. The lowest BCUT2D eigenvalue weighted by atomic mass is 9.92. The third kappa shape index (κ3) is 1.40. The van der Waals surface area contributed by atoms with Gasteiger partial charge in [-0.2, -0.15) is 0 Å². The number of imidazole rings is 1. The number of hydrogen-bond donors (Lipinski definition) is 1. The minimum Gasteiger partial charge on any atom is -0.493 e. The number of aromatic amines is 1. The number of nitrogens with one attached hydrogen (secondary N) is 1. The summed E-state index contributed by atoms with van der Waals surface area (Å²) in [6.45, 7) is 0.766. The van der Waals surface area contributed by atoms with E-state index in [0.717, 1.165) is 24.6 Å². The van der Waals surface area contributed by atoms with Gasteiger partial charge in [0.25, 0.3) is 0 Å². The normalized spacial score (nSPS) is 19.3. The predicted octanol–water partition coefficient (Wildman–Crippen LogP) is 2.32. The molecule has 0 amide bonds. The van der Waals surface area contributed by atoms with E-state index in [1.54, 1.807) is 6.20 Å². The van der Waals surface area contributed by atoms with Crippen molar-refractivity contribution in [3.63, 3.8) is 0 Å². The second-order valence-corrected chi connectivity index (χ2v) is 3.70. The molecule has 1 N–H and O–H groups in total. The Morgan fingerprint density at radius 2 is 2.27 bits per heavy atom. The Balaban J connectivity index is 2.06. The summed E-state index contributed by atoms with van der Waals surface area (Å²) in [6, 6.07) is 8.18. The van der Waals surface area contributed by atoms with Crippen molar-refractivity contribution in [1.82, 2.24) is 9.97 Å². The molecule has 2 aromatic rings. The van der Waals surface area contributed by atoms with Crippen molar-refractivity contribution in [2.24, 2.45) is 0 Å². The van der Waals surface area contributed by atoms with Gasteiger partial charge in [-0.15, -0.1) is 0 Å². The molecule has 1 aliphatic rings. The van der Waals surface area contributed by atoms with Gasteiger partial charge >= 0.3 is 0 Å². The van der Waals surface area contributed by atoms with Gasteiger partial charge < -0.3 is 9.72 Å². The Morgan fingerprint density at radius 3 is 3.13 bits per heavy atom. The van der Waals surface area contributed by atoms with Gasteiger partial charge in [0.1, 0.15) is 11.6 Å². The Bertz CT molecular complexity index is 450. The van der Waals surface area contributed by atoms with E-state index in [9.17, 15) is 0 Å². The number of hydrogen-bond acceptors (Lipinski definition) is 2. The minimum absolute atomic E-state index is 0.352. The maximum Gasteiger partial charge on any atom is 0.123 e. The number of ether oxygens (including phenoxy) is 1. The topological polar surface area (TPSA) is 37.9 Å². The first kappa shape index (κ1) is 8.53. The molecular weight excluding hydrogens is 188 g/mol. The van der Waals surface area contributed by atoms with E-state index >= 15 is 0 Å². The number of aromatic nitrogens is 2. The molecular formula is C12H12N2O. The van der Waals surface area contributed by atoms with Crippen molar-refractivity contribution in [3.8, 4) is 5.75 Å². The molecule has 1 atom stereocenters. The highest BCUT2D eigenvalue weighted by Gasteiger charge is 2.23. The Labute approximate surface area is 88.1 Å². The molecule has 0 bridgehead atoms. The van der Waals surface area contributed by atoms with Crippen molar-refractivity contribution in [2.45, 2.75) is 12.3 Å². The lowest BCUT2D eigenvalue weighted by molar-refractivity contribution is 0.275. The highest BCUT2D eigenvalue weighted by atomic mass is 16.5. The highest BCUT2D eigenvalue weighted by molar-refractivity contribution is 5.40. The summed E-state index contributed by atoms with van der Waals surface area (Å²) in [7, 11) is 0. The molecule has 3 heteroatoms. The van der Waals surface area contributed by atoms with Crippen LogP contribution in [-0.2, 0) is 0 Å². The second kappa shape index (κ2) is 3.42. The molecule has 3 nitrogen and oxygen atoms in total. The zero-order valence-corrected chi connectivity index (χ0v) is 8.31. The standard InChI is InChI=1S/C12H12N2O/c1-2-4-11-9(3-1)10(5-8-15-11)12-13-6-7-14-12/h1-4,6-7,10H,5,8H2,(H,13,14)/t10-/m1/s1. The smallest absolute Gasteiger partial charge is 0.123 e. The Hall–Kier alpha value is -1.77. The largest absolute Gasteiger partial charge is 0.493 e. The van der Waals surface area contributed by atoms with Crippen LogP contribution in [0.5, 0.6) is 5.75 Å². The lowest BCUT2D eigenvalue weighted by Crippen LogP contribution is -2.15. The van der Waals surface area contributed by atoms with E-state index in [1.807, 2.05) is 24.4 Å². The van der Waals surface area contributed by atoms with Gasteiger partial charge in [0.05, 0.1) is 6.61 Å². The minimum atomic E-state index is 0.352. The van der Waals surface area contributed by atoms with Gasteiger partial charge in [0.2, 0.25) is 0 Å². The first-order valence-corrected chi connectivity index (χ1v) is 5.16. The average Bonchev–Trinajstić information content (AvgIpc) is 2.82. The fourth-order valence-electron chi connectivity index (χ4n) is 2.09. The van der Waals surface area contributed by atoms with Crippen LogP contribution in [0.25, 0.3) is 0 Å². The molecule has 3 rings (SSSR count). The molecule has 2 heterocycles. The number of nitrogens with zero attached hydrogens (tertiary/aromatic N) is 1. The summed E-state index contributed by atoms with van der Waals surface area (Å²) in [6.07, 6.45) is 4.66. The number of fused-ring (bicyclic) bond motifs is 1. The van der Waals surface area contributed by atoms with Crippen LogP contribution in [-0.4, -0.2) is 16.6 Å². The second-order valence-electron chi connectivity index (χ2n) is 3.70. The molecule has 0 unspecified atom stereocenters. The van der Waals surface area contributed by atoms with Gasteiger partial charge in [-0.3, -0.25) is 0 Å². The lowest BCUT2D eigenvalue weighted by Gasteiger charge is -2.24. The van der Waals surface area contributed by atoms with Gasteiger partial charge in [0.15, 0.2) is 0 Å². The molecule has 0 saturated carbocycles. The van der Waals surface area contributed by atoms with E-state index < -0.39 is 0 Å². The van der Waals surface area contributed by atoms with Crippen LogP contribution in [0.4, 0.5) is 0 Å². The molecule has 1 aliphatic heterocycles. The predicted molar refractivity (Wildman–Crippen MR) is 57.0 cm³/mol. The first-order valence-electron chi connectivity index (χ1n) is 5.16. The van der Waals surface area contributed by atoms with Crippen LogP contribution < -0.4 is 4.74 Å². The summed E-state index contributed by atoms with van der Waals surface area (Å²) < 4.78 is 5.61. The van der Waals surface area contributed by atoms with Crippen molar-refractivity contribution in [2.75, 3.05) is 6.61 Å². The monoisotopic (exact) mass is 200 g/mol. The van der Waals surface area contributed by atoms with Gasteiger partial charge in [0, 0.05) is 23.9 Å². The van der Waals surface area contributed by atoms with Crippen LogP contribution in [0, 0.1) is 0 Å². The first-order chi connectivity index (χ1) is 7.45. The van der Waals surface area contributed by atoms with Crippen LogP contribution in [0.15, 0.2) is 36.7 Å². The van der Waals surface area contributed by atoms with Crippen LogP contribution in [0.1, 0.15) is 23.7 Å². The van der Waals surface area contributed by atoms with Gasteiger partial charge in [-0.25, -0.2) is 4.98 Å². The van der Waals surface area contributed by atoms with Crippen LogP contribution >= 0.6 is 0 Å². The van der Waals surface area contributed by atoms with Crippen LogP contribution in [0.2, 0.25) is 0 Å². The van der Waals surface area contributed by atoms with Crippen molar-refractivity contribution in [1.29, 1.82) is 0 Å². The summed E-state index contributed by atoms with van der Waals surface area (Å²) in [5.74, 6) is 2.38. The Kier molecular flexibility index (Phi) is 1.95.